The molecule has 1 aromatic heterocycles. The van der Waals surface area contributed by atoms with E-state index < -0.39 is 56.5 Å². The quantitative estimate of drug-likeness (QED) is 0.543. The number of ether oxygens (including phenoxy) is 2. The maximum Gasteiger partial charge on any atom is 0.475 e. The van der Waals surface area contributed by atoms with Gasteiger partial charge in [-0.05, 0) is 70.4 Å². The average Bonchev–Trinajstić information content (AvgIpc) is 3.07. The molecule has 1 amide bonds. The molecule has 0 radical (unpaired) electrons. The third-order valence-electron chi connectivity index (χ3n) is 6.36. The standard InChI is InChI=1S/C24H28F2N3O8P/c1-13(2)36-38(32)33-12-17-19(37-38)24(25,26)21(34-17)29-10-8-18(28-22(29)31)27-20(30)15-5-6-16-14(11-15)7-9-23(3,4)35-16/h5-6,8,10-11,13,17,19,21H,7,9,12H2,1-4H3,(H,27,28,30,31)/t17-,19-,21?,38?/m1/s1. The summed E-state index contributed by atoms with van der Waals surface area (Å²) in [5, 5.41) is 2.51. The van der Waals surface area contributed by atoms with E-state index in [-0.39, 0.29) is 11.4 Å². The fraction of sp³-hybridized carbons (Fsp3) is 0.542. The molecule has 0 saturated carbocycles. The van der Waals surface area contributed by atoms with Crippen LogP contribution in [0.1, 0.15) is 56.3 Å². The Kier molecular flexibility index (Phi) is 6.72. The molecule has 1 aromatic carbocycles. The molecule has 11 nitrogen and oxygen atoms in total. The van der Waals surface area contributed by atoms with Crippen LogP contribution < -0.4 is 15.7 Å². The van der Waals surface area contributed by atoms with Gasteiger partial charge in [0.1, 0.15) is 23.3 Å². The van der Waals surface area contributed by atoms with Crippen LogP contribution in [-0.2, 0) is 29.3 Å². The lowest BCUT2D eigenvalue weighted by molar-refractivity contribution is -0.139. The van der Waals surface area contributed by atoms with Crippen LogP contribution in [-0.4, -0.2) is 51.9 Å². The lowest BCUT2D eigenvalue weighted by atomic mass is 9.93. The number of halogens is 2. The Hall–Kier alpha value is -2.70. The van der Waals surface area contributed by atoms with Crippen LogP contribution in [0.15, 0.2) is 35.3 Å². The summed E-state index contributed by atoms with van der Waals surface area (Å²) in [5.74, 6) is -3.71. The first-order chi connectivity index (χ1) is 17.8. The Balaban J connectivity index is 1.31. The first-order valence-electron chi connectivity index (χ1n) is 12.1. The predicted molar refractivity (Wildman–Crippen MR) is 129 cm³/mol. The highest BCUT2D eigenvalue weighted by Crippen LogP contribution is 2.60. The monoisotopic (exact) mass is 555 g/mol. The molecule has 0 aliphatic carbocycles. The topological polar surface area (TPSA) is 127 Å². The highest BCUT2D eigenvalue weighted by Gasteiger charge is 2.65. The molecule has 14 heteroatoms. The van der Waals surface area contributed by atoms with Crippen molar-refractivity contribution in [1.82, 2.24) is 9.55 Å². The lowest BCUT2D eigenvalue weighted by Crippen LogP contribution is -2.45. The Bertz CT molecular complexity index is 1360. The number of nitrogens with one attached hydrogen (secondary N) is 1. The number of carbonyl (C=O) groups is 1. The van der Waals surface area contributed by atoms with Crippen LogP contribution in [0, 0.1) is 0 Å². The van der Waals surface area contributed by atoms with E-state index in [2.05, 4.69) is 10.3 Å². The molecular weight excluding hydrogens is 527 g/mol. The van der Waals surface area contributed by atoms with E-state index in [9.17, 15) is 14.2 Å². The Morgan fingerprint density at radius 2 is 2.05 bits per heavy atom. The van der Waals surface area contributed by atoms with E-state index >= 15 is 8.78 Å². The average molecular weight is 555 g/mol. The van der Waals surface area contributed by atoms with Crippen molar-refractivity contribution in [3.63, 3.8) is 0 Å². The normalized spacial score (nSPS) is 29.3. The maximum atomic E-state index is 15.3. The van der Waals surface area contributed by atoms with Crippen molar-refractivity contribution in [3.8, 4) is 5.75 Å². The van der Waals surface area contributed by atoms with Crippen LogP contribution in [0.4, 0.5) is 14.6 Å². The number of rotatable bonds is 5. The number of alkyl halides is 2. The fourth-order valence-electron chi connectivity index (χ4n) is 4.53. The summed E-state index contributed by atoms with van der Waals surface area (Å²) in [7, 11) is -4.24. The van der Waals surface area contributed by atoms with Crippen LogP contribution >= 0.6 is 7.82 Å². The maximum absolute atomic E-state index is 15.3. The van der Waals surface area contributed by atoms with E-state index in [1.54, 1.807) is 32.0 Å². The van der Waals surface area contributed by atoms with Gasteiger partial charge in [0, 0.05) is 11.8 Å². The van der Waals surface area contributed by atoms with E-state index in [0.717, 1.165) is 24.6 Å². The first kappa shape index (κ1) is 26.9. The van der Waals surface area contributed by atoms with Gasteiger partial charge in [0.2, 0.25) is 6.23 Å². The number of hydrogen-bond acceptors (Lipinski definition) is 9. The van der Waals surface area contributed by atoms with Gasteiger partial charge in [0.05, 0.1) is 12.7 Å². The summed E-state index contributed by atoms with van der Waals surface area (Å²) in [4.78, 5) is 29.2. The van der Waals surface area contributed by atoms with Gasteiger partial charge in [0.25, 0.3) is 5.91 Å². The summed E-state index contributed by atoms with van der Waals surface area (Å²) in [6.07, 6.45) is -3.38. The molecule has 38 heavy (non-hydrogen) atoms. The largest absolute Gasteiger partial charge is 0.488 e. The molecule has 4 heterocycles. The first-order valence-corrected chi connectivity index (χ1v) is 13.6. The number of amides is 1. The number of carbonyl (C=O) groups excluding carboxylic acids is 1. The molecule has 4 atom stereocenters. The zero-order chi connectivity index (χ0) is 27.5. The fourth-order valence-corrected chi connectivity index (χ4v) is 6.10. The van der Waals surface area contributed by atoms with Crippen molar-refractivity contribution < 1.29 is 41.2 Å². The van der Waals surface area contributed by atoms with Gasteiger partial charge in [-0.3, -0.25) is 22.9 Å². The number of fused-ring (bicyclic) bond motifs is 2. The highest BCUT2D eigenvalue weighted by atomic mass is 31.2. The van der Waals surface area contributed by atoms with Gasteiger partial charge < -0.3 is 14.8 Å². The summed E-state index contributed by atoms with van der Waals surface area (Å²) in [6, 6.07) is 6.22. The van der Waals surface area contributed by atoms with Gasteiger partial charge in [-0.2, -0.15) is 13.8 Å². The van der Waals surface area contributed by atoms with Gasteiger partial charge in [-0.1, -0.05) is 0 Å². The Morgan fingerprint density at radius 1 is 1.29 bits per heavy atom. The van der Waals surface area contributed by atoms with E-state index in [1.807, 2.05) is 13.8 Å². The predicted octanol–water partition coefficient (Wildman–Crippen LogP) is 4.08. The molecule has 3 aliphatic rings. The minimum Gasteiger partial charge on any atom is -0.488 e. The van der Waals surface area contributed by atoms with Gasteiger partial charge in [-0.15, -0.1) is 0 Å². The van der Waals surface area contributed by atoms with E-state index in [4.69, 9.17) is 23.0 Å². The smallest absolute Gasteiger partial charge is 0.475 e. The van der Waals surface area contributed by atoms with Gasteiger partial charge in [0.15, 0.2) is 6.10 Å². The number of aromatic nitrogens is 2. The highest BCUT2D eigenvalue weighted by molar-refractivity contribution is 7.48. The second-order valence-electron chi connectivity index (χ2n) is 10.3. The second-order valence-corrected chi connectivity index (χ2v) is 11.8. The number of phosphoric ester groups is 1. The zero-order valence-electron chi connectivity index (χ0n) is 21.2. The van der Waals surface area contributed by atoms with E-state index in [1.165, 1.54) is 6.07 Å². The lowest BCUT2D eigenvalue weighted by Gasteiger charge is -2.32. The van der Waals surface area contributed by atoms with Gasteiger partial charge >= 0.3 is 19.4 Å². The molecular formula is C24H28F2N3O8P. The van der Waals surface area contributed by atoms with Crippen LogP contribution in [0.5, 0.6) is 5.75 Å². The summed E-state index contributed by atoms with van der Waals surface area (Å²) in [6.45, 7) is 6.62. The van der Waals surface area contributed by atoms with Crippen molar-refractivity contribution in [3.05, 3.63) is 52.1 Å². The van der Waals surface area contributed by atoms with Crippen molar-refractivity contribution in [1.29, 1.82) is 0 Å². The Labute approximate surface area is 217 Å². The molecule has 2 aromatic rings. The molecule has 1 N–H and O–H groups in total. The summed E-state index contributed by atoms with van der Waals surface area (Å²) in [5.41, 5.74) is -0.159. The minimum atomic E-state index is -4.24. The van der Waals surface area contributed by atoms with Gasteiger partial charge in [-0.25, -0.2) is 9.36 Å². The molecule has 0 bridgehead atoms. The molecule has 0 spiro atoms. The molecule has 2 saturated heterocycles. The summed E-state index contributed by atoms with van der Waals surface area (Å²) >= 11 is 0. The minimum absolute atomic E-state index is 0.125. The number of aryl methyl sites for hydroxylation is 1. The SMILES string of the molecule is CC(C)OP1(=O)OC[C@H]2OC(n3ccc(NC(=O)c4ccc5c(c4)CCC(C)(C)O5)nc3=O)C(F)(F)[C@@H]2O1. The molecule has 3 aliphatic heterocycles. The number of nitrogens with zero attached hydrogens (tertiary/aromatic N) is 2. The van der Waals surface area contributed by atoms with Crippen molar-refractivity contribution in [2.45, 2.75) is 76.6 Å². The number of benzene rings is 1. The van der Waals surface area contributed by atoms with Crippen molar-refractivity contribution >= 4 is 19.5 Å². The van der Waals surface area contributed by atoms with Crippen molar-refractivity contribution in [2.24, 2.45) is 0 Å². The Morgan fingerprint density at radius 3 is 2.76 bits per heavy atom. The van der Waals surface area contributed by atoms with Crippen molar-refractivity contribution in [2.75, 3.05) is 11.9 Å². The van der Waals surface area contributed by atoms with Crippen LogP contribution in [0.2, 0.25) is 0 Å². The van der Waals surface area contributed by atoms with E-state index in [0.29, 0.717) is 15.9 Å². The second kappa shape index (κ2) is 9.49. The van der Waals surface area contributed by atoms with Crippen LogP contribution in [0.3, 0.4) is 0 Å². The molecule has 5 rings (SSSR count). The number of phosphoric acid groups is 1. The molecule has 206 valence electrons. The summed E-state index contributed by atoms with van der Waals surface area (Å²) < 4.78 is 70.1. The third-order valence-corrected chi connectivity index (χ3v) is 7.99. The number of anilines is 1. The molecule has 2 fully saturated rings. The number of hydrogen-bond donors (Lipinski definition) is 1. The molecule has 2 unspecified atom stereocenters. The van der Waals surface area contributed by atoms with Crippen LogP contribution in [0.25, 0.3) is 0 Å². The zero-order valence-corrected chi connectivity index (χ0v) is 22.1. The third kappa shape index (κ3) is 5.13.